The monoisotopic (exact) mass is 405 g/mol. The molecule has 1 aliphatic heterocycles. The Hall–Kier alpha value is -3.80. The van der Waals surface area contributed by atoms with Crippen LogP contribution >= 0.6 is 0 Å². The van der Waals surface area contributed by atoms with Gasteiger partial charge in [0, 0.05) is 16.8 Å². The van der Waals surface area contributed by atoms with E-state index in [1.54, 1.807) is 30.3 Å². The maximum atomic E-state index is 14.7. The van der Waals surface area contributed by atoms with E-state index >= 15 is 0 Å². The Morgan fingerprint density at radius 1 is 0.933 bits per heavy atom. The first-order valence-electron chi connectivity index (χ1n) is 9.26. The minimum Gasteiger partial charge on any atom is -0.507 e. The summed E-state index contributed by atoms with van der Waals surface area (Å²) in [7, 11) is 0. The topological polar surface area (TPSA) is 57.6 Å². The number of amides is 1. The average molecular weight is 405 g/mol. The molecular weight excluding hydrogens is 388 g/mol. The molecular formula is C24H17F2NO3. The molecule has 1 unspecified atom stereocenters. The number of aliphatic hydroxyl groups is 1. The number of anilines is 1. The maximum absolute atomic E-state index is 14.7. The maximum Gasteiger partial charge on any atom is 0.300 e. The fraction of sp³-hybridized carbons (Fsp3) is 0.0833. The molecule has 0 bridgehead atoms. The van der Waals surface area contributed by atoms with Crippen LogP contribution in [-0.2, 0) is 9.59 Å². The number of benzene rings is 3. The Morgan fingerprint density at radius 2 is 1.63 bits per heavy atom. The molecule has 4 rings (SSSR count). The molecule has 6 heteroatoms. The predicted molar refractivity (Wildman–Crippen MR) is 109 cm³/mol. The summed E-state index contributed by atoms with van der Waals surface area (Å²) in [4.78, 5) is 26.8. The Morgan fingerprint density at radius 3 is 2.30 bits per heavy atom. The molecule has 1 atom stereocenters. The van der Waals surface area contributed by atoms with E-state index in [0.717, 1.165) is 16.5 Å². The highest BCUT2D eigenvalue weighted by Crippen LogP contribution is 2.42. The summed E-state index contributed by atoms with van der Waals surface area (Å²) in [6.07, 6.45) is 0. The van der Waals surface area contributed by atoms with Gasteiger partial charge in [-0.3, -0.25) is 14.5 Å². The van der Waals surface area contributed by atoms with Gasteiger partial charge in [0.05, 0.1) is 11.6 Å². The highest BCUT2D eigenvalue weighted by atomic mass is 19.1. The number of nitrogens with zero attached hydrogens (tertiary/aromatic N) is 1. The number of aryl methyl sites for hydroxylation is 1. The highest BCUT2D eigenvalue weighted by molar-refractivity contribution is 6.51. The molecule has 1 N–H and O–H groups in total. The predicted octanol–water partition coefficient (Wildman–Crippen LogP) is 4.90. The van der Waals surface area contributed by atoms with Crippen molar-refractivity contribution in [1.29, 1.82) is 0 Å². The standard InChI is InChI=1S/C24H17F2NO3/c1-14-9-11-15(12-10-14)22(28)20-21(18-7-2-3-8-19(18)26)27(24(30)23(20)29)17-6-4-5-16(25)13-17/h2-13,21,28H,1H3/b22-20+. The van der Waals surface area contributed by atoms with E-state index < -0.39 is 35.1 Å². The number of ketones is 1. The van der Waals surface area contributed by atoms with Gasteiger partial charge >= 0.3 is 0 Å². The van der Waals surface area contributed by atoms with Crippen molar-refractivity contribution in [3.05, 3.63) is 107 Å². The third-order valence-corrected chi connectivity index (χ3v) is 5.06. The van der Waals surface area contributed by atoms with Crippen molar-refractivity contribution in [3.63, 3.8) is 0 Å². The Bertz CT molecular complexity index is 1190. The summed E-state index contributed by atoms with van der Waals surface area (Å²) < 4.78 is 28.6. The van der Waals surface area contributed by atoms with Crippen molar-refractivity contribution in [2.24, 2.45) is 0 Å². The average Bonchev–Trinajstić information content (AvgIpc) is 2.99. The van der Waals surface area contributed by atoms with Crippen LogP contribution in [0, 0.1) is 18.6 Å². The van der Waals surface area contributed by atoms with Crippen molar-refractivity contribution in [3.8, 4) is 0 Å². The number of hydrogen-bond acceptors (Lipinski definition) is 3. The van der Waals surface area contributed by atoms with E-state index in [0.29, 0.717) is 5.56 Å². The van der Waals surface area contributed by atoms with Crippen LogP contribution in [0.25, 0.3) is 5.76 Å². The summed E-state index contributed by atoms with van der Waals surface area (Å²) >= 11 is 0. The lowest BCUT2D eigenvalue weighted by Gasteiger charge is -2.25. The van der Waals surface area contributed by atoms with Crippen molar-refractivity contribution in [1.82, 2.24) is 0 Å². The minimum atomic E-state index is -1.24. The first-order valence-corrected chi connectivity index (χ1v) is 9.26. The van der Waals surface area contributed by atoms with Crippen molar-refractivity contribution >= 4 is 23.1 Å². The molecule has 30 heavy (non-hydrogen) atoms. The molecule has 1 saturated heterocycles. The quantitative estimate of drug-likeness (QED) is 0.383. The number of aliphatic hydroxyl groups excluding tert-OH is 1. The second-order valence-corrected chi connectivity index (χ2v) is 7.04. The van der Waals surface area contributed by atoms with Crippen LogP contribution in [0.3, 0.4) is 0 Å². The normalized spacial score (nSPS) is 18.1. The molecule has 1 amide bonds. The zero-order valence-corrected chi connectivity index (χ0v) is 16.0. The number of rotatable bonds is 3. The zero-order valence-electron chi connectivity index (χ0n) is 16.0. The molecule has 3 aromatic carbocycles. The first kappa shape index (κ1) is 19.5. The van der Waals surface area contributed by atoms with E-state index in [1.165, 1.54) is 36.4 Å². The number of Topliss-reactive ketones (excluding diaryl/α,β-unsaturated/α-hetero) is 1. The van der Waals surface area contributed by atoms with Crippen molar-refractivity contribution in [2.45, 2.75) is 13.0 Å². The Kier molecular flexibility index (Phi) is 4.91. The Balaban J connectivity index is 1.98. The lowest BCUT2D eigenvalue weighted by Crippen LogP contribution is -2.30. The smallest absolute Gasteiger partial charge is 0.300 e. The van der Waals surface area contributed by atoms with Gasteiger partial charge in [0.15, 0.2) is 0 Å². The number of carbonyl (C=O) groups excluding carboxylic acids is 2. The molecule has 0 aliphatic carbocycles. The molecule has 3 aromatic rings. The molecule has 0 saturated carbocycles. The second-order valence-electron chi connectivity index (χ2n) is 7.04. The van der Waals surface area contributed by atoms with E-state index in [1.807, 2.05) is 6.92 Å². The molecule has 1 heterocycles. The number of hydrogen-bond donors (Lipinski definition) is 1. The molecule has 1 fully saturated rings. The molecule has 150 valence electrons. The SMILES string of the molecule is Cc1ccc(/C(O)=C2\C(=O)C(=O)N(c3cccc(F)c3)C2c2ccccc2F)cc1. The van der Waals surface area contributed by atoms with E-state index in [9.17, 15) is 23.5 Å². The van der Waals surface area contributed by atoms with Gasteiger partial charge in [-0.05, 0) is 31.2 Å². The van der Waals surface area contributed by atoms with Crippen LogP contribution in [0.5, 0.6) is 0 Å². The van der Waals surface area contributed by atoms with Crippen LogP contribution < -0.4 is 4.90 Å². The van der Waals surface area contributed by atoms with Gasteiger partial charge in [-0.15, -0.1) is 0 Å². The van der Waals surface area contributed by atoms with Gasteiger partial charge in [0.25, 0.3) is 11.7 Å². The van der Waals surface area contributed by atoms with Gasteiger partial charge in [-0.25, -0.2) is 8.78 Å². The summed E-state index contributed by atoms with van der Waals surface area (Å²) in [6.45, 7) is 1.87. The zero-order chi connectivity index (χ0) is 21.4. The van der Waals surface area contributed by atoms with Gasteiger partial charge in [0.2, 0.25) is 0 Å². The van der Waals surface area contributed by atoms with E-state index in [2.05, 4.69) is 0 Å². The fourth-order valence-electron chi connectivity index (χ4n) is 3.58. The first-order chi connectivity index (χ1) is 14.4. The largest absolute Gasteiger partial charge is 0.507 e. The van der Waals surface area contributed by atoms with Gasteiger partial charge in [0.1, 0.15) is 17.4 Å². The van der Waals surface area contributed by atoms with E-state index in [-0.39, 0.29) is 16.8 Å². The highest BCUT2D eigenvalue weighted by Gasteiger charge is 2.47. The third kappa shape index (κ3) is 3.26. The third-order valence-electron chi connectivity index (χ3n) is 5.06. The summed E-state index contributed by atoms with van der Waals surface area (Å²) in [5, 5.41) is 10.9. The number of halogens is 2. The summed E-state index contributed by atoms with van der Waals surface area (Å²) in [5.41, 5.74) is 1.12. The van der Waals surface area contributed by atoms with Crippen LogP contribution in [0.15, 0.2) is 78.4 Å². The van der Waals surface area contributed by atoms with Gasteiger partial charge in [-0.2, -0.15) is 0 Å². The Labute approximate surface area is 171 Å². The molecule has 0 aromatic heterocycles. The van der Waals surface area contributed by atoms with Crippen molar-refractivity contribution in [2.75, 3.05) is 4.90 Å². The van der Waals surface area contributed by atoms with Gasteiger partial charge in [-0.1, -0.05) is 54.1 Å². The van der Waals surface area contributed by atoms with E-state index in [4.69, 9.17) is 0 Å². The van der Waals surface area contributed by atoms with Crippen LogP contribution in [0.2, 0.25) is 0 Å². The molecule has 0 radical (unpaired) electrons. The summed E-state index contributed by atoms with van der Waals surface area (Å²) in [5.74, 6) is -3.62. The van der Waals surface area contributed by atoms with Crippen LogP contribution in [-0.4, -0.2) is 16.8 Å². The lowest BCUT2D eigenvalue weighted by atomic mass is 9.94. The molecule has 1 aliphatic rings. The number of carbonyl (C=O) groups is 2. The minimum absolute atomic E-state index is 0.0228. The van der Waals surface area contributed by atoms with Gasteiger partial charge < -0.3 is 5.11 Å². The van der Waals surface area contributed by atoms with Crippen molar-refractivity contribution < 1.29 is 23.5 Å². The fourth-order valence-corrected chi connectivity index (χ4v) is 3.58. The van der Waals surface area contributed by atoms with Crippen LogP contribution in [0.4, 0.5) is 14.5 Å². The second kappa shape index (κ2) is 7.55. The molecule has 0 spiro atoms. The summed E-state index contributed by atoms with van der Waals surface area (Å²) in [6, 6.07) is 16.3. The van der Waals surface area contributed by atoms with Crippen LogP contribution in [0.1, 0.15) is 22.7 Å². The lowest BCUT2D eigenvalue weighted by molar-refractivity contribution is -0.132. The molecule has 4 nitrogen and oxygen atoms in total.